The smallest absolute Gasteiger partial charge is 0.454 e. The highest BCUT2D eigenvalue weighted by molar-refractivity contribution is 8.56. The molecule has 4 aromatic heterocycles. The van der Waals surface area contributed by atoms with Gasteiger partial charge in [0.1, 0.15) is 48.5 Å². The molecule has 2 bridgehead atoms. The summed E-state index contributed by atoms with van der Waals surface area (Å²) in [5.74, 6) is -1.29. The molecule has 10 atom stereocenters. The number of nitrogens with one attached hydrogen (secondary N) is 1. The van der Waals surface area contributed by atoms with E-state index in [0.717, 1.165) is 42.9 Å². The molecule has 27 heteroatoms. The second-order valence-corrected chi connectivity index (χ2v) is 20.8. The first-order valence-corrected chi connectivity index (χ1v) is 24.7. The molecule has 7 heterocycles. The molecule has 0 spiro atoms. The quantitative estimate of drug-likeness (QED) is 0.0538. The van der Waals surface area contributed by atoms with Crippen molar-refractivity contribution in [2.75, 3.05) is 37.0 Å². The minimum atomic E-state index is -5.26. The number of phosphoric ester groups is 1. The molecule has 61 heavy (non-hydrogen) atoms. The van der Waals surface area contributed by atoms with Crippen molar-refractivity contribution in [2.45, 2.75) is 120 Å². The zero-order valence-electron chi connectivity index (χ0n) is 33.0. The van der Waals surface area contributed by atoms with Crippen molar-refractivity contribution in [1.82, 2.24) is 39.0 Å². The Bertz CT molecular complexity index is 2310. The van der Waals surface area contributed by atoms with Gasteiger partial charge in [0.05, 0.1) is 25.9 Å². The number of fused-ring (bicyclic) bond motifs is 5. The number of aromatic amines is 1. The molecule has 3 aliphatic heterocycles. The summed E-state index contributed by atoms with van der Waals surface area (Å²) in [5.41, 5.74) is 10.8. The minimum absolute atomic E-state index is 0.00944. The van der Waals surface area contributed by atoms with E-state index in [1.54, 1.807) is 0 Å². The minimum Gasteiger partial charge on any atom is -0.454 e. The number of alkyl halides is 2. The van der Waals surface area contributed by atoms with Crippen LogP contribution in [0.4, 0.5) is 20.5 Å². The number of aromatic nitrogens is 8. The van der Waals surface area contributed by atoms with Crippen LogP contribution in [-0.2, 0) is 46.4 Å². The fraction of sp³-hybridized carbons (Fsp3) is 0.676. The van der Waals surface area contributed by atoms with Crippen molar-refractivity contribution >= 4 is 65.8 Å². The summed E-state index contributed by atoms with van der Waals surface area (Å²) in [5, 5.41) is 0. The third kappa shape index (κ3) is 10.6. The number of carbonyl (C=O) groups is 1. The molecule has 7 rings (SSSR count). The van der Waals surface area contributed by atoms with E-state index in [1.165, 1.54) is 36.6 Å². The third-order valence-corrected chi connectivity index (χ3v) is 15.1. The number of rotatable bonds is 15. The van der Waals surface area contributed by atoms with Crippen LogP contribution >= 0.6 is 25.8 Å². The highest BCUT2D eigenvalue weighted by atomic mass is 32.7. The molecule has 4 aromatic rings. The van der Waals surface area contributed by atoms with Crippen molar-refractivity contribution in [3.05, 3.63) is 29.3 Å². The molecule has 0 aliphatic carbocycles. The van der Waals surface area contributed by atoms with Crippen LogP contribution in [0.15, 0.2) is 23.8 Å². The Morgan fingerprint density at radius 1 is 0.902 bits per heavy atom. The highest BCUT2D eigenvalue weighted by Crippen LogP contribution is 2.61. The number of phosphoric acid groups is 1. The summed E-state index contributed by atoms with van der Waals surface area (Å²) >= 11 is 0.567. The van der Waals surface area contributed by atoms with Crippen LogP contribution < -0.4 is 17.0 Å². The van der Waals surface area contributed by atoms with Gasteiger partial charge in [-0.2, -0.15) is 4.98 Å². The predicted octanol–water partition coefficient (Wildman–Crippen LogP) is 4.82. The van der Waals surface area contributed by atoms with Gasteiger partial charge in [-0.15, -0.1) is 0 Å². The molecule has 6 N–H and O–H groups in total. The number of ether oxygens (including phenoxy) is 4. The molecule has 0 saturated carbocycles. The van der Waals surface area contributed by atoms with Crippen LogP contribution in [0.1, 0.15) is 83.6 Å². The largest absolute Gasteiger partial charge is 0.472 e. The summed E-state index contributed by atoms with van der Waals surface area (Å²) in [4.78, 5) is 58.6. The van der Waals surface area contributed by atoms with Gasteiger partial charge in [0.2, 0.25) is 5.95 Å². The summed E-state index contributed by atoms with van der Waals surface area (Å²) in [7, 11) is -5.26. The van der Waals surface area contributed by atoms with Gasteiger partial charge in [0, 0.05) is 6.42 Å². The molecule has 0 aromatic carbocycles. The van der Waals surface area contributed by atoms with Gasteiger partial charge in [-0.05, 0) is 17.8 Å². The lowest BCUT2D eigenvalue weighted by Gasteiger charge is -2.26. The average Bonchev–Trinajstić information content (AvgIpc) is 3.99. The number of esters is 1. The van der Waals surface area contributed by atoms with Gasteiger partial charge in [-0.25, -0.2) is 33.3 Å². The van der Waals surface area contributed by atoms with Crippen LogP contribution in [0, 0.1) is 0 Å². The van der Waals surface area contributed by atoms with Gasteiger partial charge >= 0.3 is 13.8 Å². The fourth-order valence-corrected chi connectivity index (χ4v) is 10.9. The van der Waals surface area contributed by atoms with E-state index in [0.29, 0.717) is 17.8 Å². The second kappa shape index (κ2) is 19.8. The second-order valence-electron chi connectivity index (χ2n) is 14.7. The third-order valence-electron chi connectivity index (χ3n) is 10.4. The zero-order valence-corrected chi connectivity index (χ0v) is 35.6. The lowest BCUT2D eigenvalue weighted by molar-refractivity contribution is -0.141. The van der Waals surface area contributed by atoms with Crippen LogP contribution in [0.2, 0.25) is 0 Å². The number of imidazole rings is 2. The van der Waals surface area contributed by atoms with E-state index in [4.69, 9.17) is 44.0 Å². The molecule has 3 aliphatic rings. The highest BCUT2D eigenvalue weighted by Gasteiger charge is 2.54. The first-order valence-electron chi connectivity index (χ1n) is 19.8. The molecule has 3 fully saturated rings. The van der Waals surface area contributed by atoms with Gasteiger partial charge in [-0.1, -0.05) is 58.3 Å². The topological polar surface area (TPSA) is 295 Å². The molecule has 3 saturated heterocycles. The Labute approximate surface area is 350 Å². The van der Waals surface area contributed by atoms with Crippen molar-refractivity contribution in [1.29, 1.82) is 0 Å². The van der Waals surface area contributed by atoms with Gasteiger partial charge in [0.25, 0.3) is 12.1 Å². The first kappa shape index (κ1) is 45.4. The van der Waals surface area contributed by atoms with Gasteiger partial charge in [-0.3, -0.25) is 37.3 Å². The average molecular weight is 921 g/mol. The summed E-state index contributed by atoms with van der Waals surface area (Å²) in [6.45, 7) is -3.67. The van der Waals surface area contributed by atoms with Crippen molar-refractivity contribution in [2.24, 2.45) is 0 Å². The molecule has 0 amide bonds. The molecule has 2 unspecified atom stereocenters. The lowest BCUT2D eigenvalue weighted by atomic mass is 10.1. The number of nitrogen functional groups attached to an aromatic ring is 2. The van der Waals surface area contributed by atoms with E-state index >= 15 is 8.78 Å². The Kier molecular flexibility index (Phi) is 14.7. The van der Waals surface area contributed by atoms with Crippen LogP contribution in [0.3, 0.4) is 0 Å². The first-order chi connectivity index (χ1) is 29.3. The Morgan fingerprint density at radius 2 is 1.57 bits per heavy atom. The summed E-state index contributed by atoms with van der Waals surface area (Å²) in [6.07, 6.45) is -2.00. The van der Waals surface area contributed by atoms with Crippen molar-refractivity contribution in [3.63, 3.8) is 0 Å². The number of anilines is 2. The monoisotopic (exact) mass is 920 g/mol. The standard InChI is InChI=1S/C34H48F2N10O12P2S/c1-2-3-4-5-6-7-8-9-10-11-21(47)53-18-61-59(49)17-52-26-20(57-32(23(26)36)45-15-41-24-28(37)39-14-40-29(24)45)13-55-60(50,51)58-27-22(35)19(12-54-59)56-33(27)46-16-42-25-30(46)43-34(38)44-31(25)48/h14-16,19-20,22-23,26-27,32-33H,2-13,17-18H2,1H3,(H,50,51)(H2,37,39,40)(H3,38,43,44,48)/t19-,20-,22-,23-,26-,27-,32-,33-,59?/m1/s1. The van der Waals surface area contributed by atoms with E-state index in [-0.39, 0.29) is 40.5 Å². The number of hydrogen-bond donors (Lipinski definition) is 4. The maximum Gasteiger partial charge on any atom is 0.472 e. The lowest BCUT2D eigenvalue weighted by Crippen LogP contribution is -2.36. The number of hydrogen-bond acceptors (Lipinski definition) is 19. The maximum absolute atomic E-state index is 16.5. The van der Waals surface area contributed by atoms with E-state index < -0.39 is 101 Å². The molecule has 22 nitrogen and oxygen atoms in total. The molecule has 336 valence electrons. The SMILES string of the molecule is CCCCCCCCCCCC(=O)OCSP1(=O)CO[C@H]2[C@@H](F)[C@H](n3cnc4c(N)ncnc43)O[C@@H]2COP(=O)(O)O[C@@H]2[C@H](F)[C@@H](CO1)O[C@H]2n1cnc2c(=O)[nH]c(N)nc21. The maximum atomic E-state index is 16.5. The number of unbranched alkanes of at least 4 members (excludes halogenated alkanes) is 8. The van der Waals surface area contributed by atoms with Gasteiger partial charge in [0.15, 0.2) is 47.4 Å². The fourth-order valence-electron chi connectivity index (χ4n) is 7.26. The Morgan fingerprint density at radius 3 is 2.33 bits per heavy atom. The molecular formula is C34H48F2N10O12P2S. The van der Waals surface area contributed by atoms with Crippen LogP contribution in [-0.4, -0.2) is 112 Å². The number of nitrogens with zero attached hydrogens (tertiary/aromatic N) is 7. The van der Waals surface area contributed by atoms with Crippen LogP contribution in [0.25, 0.3) is 22.3 Å². The van der Waals surface area contributed by atoms with Crippen LogP contribution in [0.5, 0.6) is 0 Å². The van der Waals surface area contributed by atoms with Crippen molar-refractivity contribution < 1.29 is 60.1 Å². The molecule has 0 radical (unpaired) electrons. The van der Waals surface area contributed by atoms with Gasteiger partial charge < -0.3 is 39.8 Å². The summed E-state index contributed by atoms with van der Waals surface area (Å²) < 4.78 is 103. The van der Waals surface area contributed by atoms with E-state index in [2.05, 4.69) is 36.8 Å². The number of carbonyl (C=O) groups excluding carboxylic acids is 1. The summed E-state index contributed by atoms with van der Waals surface area (Å²) in [6, 6.07) is 0. The Balaban J connectivity index is 1.10. The Hall–Kier alpha value is -3.64. The molecular weight excluding hydrogens is 872 g/mol. The number of halogens is 2. The van der Waals surface area contributed by atoms with E-state index in [9.17, 15) is 23.6 Å². The predicted molar refractivity (Wildman–Crippen MR) is 214 cm³/mol. The zero-order chi connectivity index (χ0) is 43.3. The van der Waals surface area contributed by atoms with Crippen molar-refractivity contribution in [3.8, 4) is 0 Å². The number of nitrogens with two attached hydrogens (primary N) is 2. The normalized spacial score (nSPS) is 31.0. The number of H-pyrrole nitrogens is 1. The van der Waals surface area contributed by atoms with E-state index in [1.807, 2.05) is 0 Å².